The maximum absolute atomic E-state index is 11.3. The lowest BCUT2D eigenvalue weighted by Gasteiger charge is -2.14. The van der Waals surface area contributed by atoms with Gasteiger partial charge in [0.1, 0.15) is 6.61 Å². The molecule has 0 saturated heterocycles. The molecule has 1 amide bonds. The monoisotopic (exact) mass is 205 g/mol. The Kier molecular flexibility index (Phi) is 4.57. The van der Waals surface area contributed by atoms with Crippen molar-refractivity contribution in [2.24, 2.45) is 0 Å². The Bertz CT molecular complexity index is 333. The van der Waals surface area contributed by atoms with Gasteiger partial charge in [0, 0.05) is 13.1 Å². The third-order valence-electron chi connectivity index (χ3n) is 1.89. The van der Waals surface area contributed by atoms with E-state index in [9.17, 15) is 4.79 Å². The lowest BCUT2D eigenvalue weighted by Crippen LogP contribution is -2.24. The van der Waals surface area contributed by atoms with E-state index < -0.39 is 0 Å². The summed E-state index contributed by atoms with van der Waals surface area (Å²) in [7, 11) is 1.60. The molecule has 0 aliphatic rings. The highest BCUT2D eigenvalue weighted by molar-refractivity contribution is 5.86. The van der Waals surface area contributed by atoms with Gasteiger partial charge in [-0.05, 0) is 12.5 Å². The van der Waals surface area contributed by atoms with Gasteiger partial charge >= 0.3 is 0 Å². The number of likely N-dealkylation sites (N-methyl/N-ethyl adjacent to an activating group) is 1. The smallest absolute Gasteiger partial charge is 0.267 e. The Labute approximate surface area is 89.9 Å². The van der Waals surface area contributed by atoms with Gasteiger partial charge < -0.3 is 0 Å². The fourth-order valence-electron chi connectivity index (χ4n) is 1.06. The van der Waals surface area contributed by atoms with Crippen LogP contribution in [-0.2, 0) is 16.2 Å². The van der Waals surface area contributed by atoms with Gasteiger partial charge in [-0.2, -0.15) is 0 Å². The van der Waals surface area contributed by atoms with E-state index in [0.717, 1.165) is 5.56 Å². The Morgan fingerprint density at radius 3 is 2.67 bits per heavy atom. The topological polar surface area (TPSA) is 29.5 Å². The number of hydrogen-bond donors (Lipinski definition) is 0. The van der Waals surface area contributed by atoms with E-state index in [4.69, 9.17) is 4.84 Å². The molecule has 0 bridgehead atoms. The number of carbonyl (C=O) groups excluding carboxylic acids is 1. The van der Waals surface area contributed by atoms with Crippen LogP contribution < -0.4 is 0 Å². The minimum Gasteiger partial charge on any atom is -0.267 e. The van der Waals surface area contributed by atoms with Crippen LogP contribution in [0.2, 0.25) is 0 Å². The highest BCUT2D eigenvalue weighted by Gasteiger charge is 2.04. The van der Waals surface area contributed by atoms with Crippen molar-refractivity contribution in [1.29, 1.82) is 0 Å². The van der Waals surface area contributed by atoms with E-state index in [1.54, 1.807) is 20.0 Å². The summed E-state index contributed by atoms with van der Waals surface area (Å²) in [6.45, 7) is 2.20. The SMILES string of the molecule is CC=CC(=O)N(C)OCc1ccccc1. The molecule has 0 aliphatic heterocycles. The number of rotatable bonds is 4. The van der Waals surface area contributed by atoms with E-state index in [1.807, 2.05) is 30.3 Å². The molecule has 0 heterocycles. The number of allylic oxidation sites excluding steroid dienone is 1. The first kappa shape index (κ1) is 11.5. The molecule has 0 fully saturated rings. The van der Waals surface area contributed by atoms with Crippen molar-refractivity contribution in [3.05, 3.63) is 48.0 Å². The molecule has 1 aromatic carbocycles. The van der Waals surface area contributed by atoms with Gasteiger partial charge in [-0.1, -0.05) is 36.4 Å². The van der Waals surface area contributed by atoms with Gasteiger partial charge in [0.2, 0.25) is 0 Å². The standard InChI is InChI=1S/C12H15NO2/c1-3-7-12(14)13(2)15-10-11-8-5-4-6-9-11/h3-9H,10H2,1-2H3. The van der Waals surface area contributed by atoms with Crippen LogP contribution in [0.5, 0.6) is 0 Å². The normalized spacial score (nSPS) is 10.5. The summed E-state index contributed by atoms with van der Waals surface area (Å²) < 4.78 is 0. The largest absolute Gasteiger partial charge is 0.269 e. The van der Waals surface area contributed by atoms with Crippen LogP contribution in [0.3, 0.4) is 0 Å². The van der Waals surface area contributed by atoms with E-state index in [-0.39, 0.29) is 5.91 Å². The van der Waals surface area contributed by atoms with Crippen LogP contribution in [-0.4, -0.2) is 18.0 Å². The highest BCUT2D eigenvalue weighted by atomic mass is 16.7. The number of amides is 1. The Balaban J connectivity index is 2.41. The van der Waals surface area contributed by atoms with Gasteiger partial charge in [-0.15, -0.1) is 0 Å². The zero-order valence-electron chi connectivity index (χ0n) is 9.01. The fourth-order valence-corrected chi connectivity index (χ4v) is 1.06. The average Bonchev–Trinajstić information content (AvgIpc) is 2.27. The van der Waals surface area contributed by atoms with Crippen molar-refractivity contribution >= 4 is 5.91 Å². The molecule has 0 aromatic heterocycles. The number of hydroxylamine groups is 2. The maximum atomic E-state index is 11.3. The zero-order valence-corrected chi connectivity index (χ0v) is 9.01. The van der Waals surface area contributed by atoms with Gasteiger partial charge in [-0.25, -0.2) is 5.06 Å². The first-order valence-corrected chi connectivity index (χ1v) is 4.81. The summed E-state index contributed by atoms with van der Waals surface area (Å²) in [5.74, 6) is -0.159. The molecule has 0 N–H and O–H groups in total. The predicted octanol–water partition coefficient (Wildman–Crippen LogP) is 2.15. The molecule has 3 heteroatoms. The van der Waals surface area contributed by atoms with Crippen molar-refractivity contribution in [1.82, 2.24) is 5.06 Å². The molecule has 80 valence electrons. The van der Waals surface area contributed by atoms with E-state index in [1.165, 1.54) is 11.1 Å². The highest BCUT2D eigenvalue weighted by Crippen LogP contribution is 2.02. The molecule has 1 aromatic rings. The fraction of sp³-hybridized carbons (Fsp3) is 0.250. The Morgan fingerprint density at radius 1 is 1.40 bits per heavy atom. The van der Waals surface area contributed by atoms with Crippen LogP contribution in [0.15, 0.2) is 42.5 Å². The number of carbonyl (C=O) groups is 1. The second-order valence-electron chi connectivity index (χ2n) is 3.09. The van der Waals surface area contributed by atoms with Crippen molar-refractivity contribution in [3.8, 4) is 0 Å². The molecule has 1 rings (SSSR count). The van der Waals surface area contributed by atoms with E-state index >= 15 is 0 Å². The van der Waals surface area contributed by atoms with Gasteiger partial charge in [0.25, 0.3) is 5.91 Å². The van der Waals surface area contributed by atoms with Crippen LogP contribution in [0, 0.1) is 0 Å². The van der Waals surface area contributed by atoms with E-state index in [2.05, 4.69) is 0 Å². The second-order valence-corrected chi connectivity index (χ2v) is 3.09. The van der Waals surface area contributed by atoms with E-state index in [0.29, 0.717) is 6.61 Å². The lowest BCUT2D eigenvalue weighted by molar-refractivity contribution is -0.177. The van der Waals surface area contributed by atoms with Gasteiger partial charge in [0.05, 0.1) is 0 Å². The first-order chi connectivity index (χ1) is 7.24. The molecular formula is C12H15NO2. The number of hydrogen-bond acceptors (Lipinski definition) is 2. The molecule has 0 spiro atoms. The molecule has 3 nitrogen and oxygen atoms in total. The second kappa shape index (κ2) is 5.98. The minimum absolute atomic E-state index is 0.159. The average molecular weight is 205 g/mol. The maximum Gasteiger partial charge on any atom is 0.269 e. The van der Waals surface area contributed by atoms with Crippen molar-refractivity contribution in [3.63, 3.8) is 0 Å². The lowest BCUT2D eigenvalue weighted by atomic mass is 10.2. The third-order valence-corrected chi connectivity index (χ3v) is 1.89. The van der Waals surface area contributed by atoms with Crippen molar-refractivity contribution < 1.29 is 9.63 Å². The Hall–Kier alpha value is -1.61. The Morgan fingerprint density at radius 2 is 2.07 bits per heavy atom. The van der Waals surface area contributed by atoms with Crippen molar-refractivity contribution in [2.45, 2.75) is 13.5 Å². The van der Waals surface area contributed by atoms with Crippen molar-refractivity contribution in [2.75, 3.05) is 7.05 Å². The molecule has 0 aliphatic carbocycles. The molecule has 0 radical (unpaired) electrons. The molecule has 0 saturated carbocycles. The quantitative estimate of drug-likeness (QED) is 0.557. The van der Waals surface area contributed by atoms with Crippen LogP contribution in [0.25, 0.3) is 0 Å². The first-order valence-electron chi connectivity index (χ1n) is 4.81. The van der Waals surface area contributed by atoms with Crippen LogP contribution in [0.4, 0.5) is 0 Å². The number of nitrogens with zero attached hydrogens (tertiary/aromatic N) is 1. The summed E-state index contributed by atoms with van der Waals surface area (Å²) in [6, 6.07) is 9.72. The zero-order chi connectivity index (χ0) is 11.1. The summed E-state index contributed by atoms with van der Waals surface area (Å²) in [5, 5.41) is 1.23. The summed E-state index contributed by atoms with van der Waals surface area (Å²) in [4.78, 5) is 16.6. The van der Waals surface area contributed by atoms with Crippen LogP contribution in [0.1, 0.15) is 12.5 Å². The summed E-state index contributed by atoms with van der Waals surface area (Å²) in [6.07, 6.45) is 3.15. The minimum atomic E-state index is -0.159. The van der Waals surface area contributed by atoms with Crippen LogP contribution >= 0.6 is 0 Å². The van der Waals surface area contributed by atoms with Gasteiger partial charge in [0.15, 0.2) is 0 Å². The molecular weight excluding hydrogens is 190 g/mol. The van der Waals surface area contributed by atoms with Gasteiger partial charge in [-0.3, -0.25) is 9.63 Å². The summed E-state index contributed by atoms with van der Waals surface area (Å²) >= 11 is 0. The third kappa shape index (κ3) is 3.95. The molecule has 0 unspecified atom stereocenters. The number of benzene rings is 1. The summed E-state index contributed by atoms with van der Waals surface area (Å²) in [5.41, 5.74) is 1.04. The molecule has 0 atom stereocenters. The molecule has 15 heavy (non-hydrogen) atoms. The predicted molar refractivity (Wildman–Crippen MR) is 58.8 cm³/mol.